The second-order valence-corrected chi connectivity index (χ2v) is 8.01. The Balaban J connectivity index is 1.93. The summed E-state index contributed by atoms with van der Waals surface area (Å²) in [6.07, 6.45) is -5.37. The van der Waals surface area contributed by atoms with E-state index in [4.69, 9.17) is 10.3 Å². The quantitative estimate of drug-likeness (QED) is 0.139. The van der Waals surface area contributed by atoms with E-state index in [1.807, 2.05) is 0 Å². The van der Waals surface area contributed by atoms with E-state index in [0.717, 1.165) is 13.0 Å². The Morgan fingerprint density at radius 2 is 1.87 bits per heavy atom. The summed E-state index contributed by atoms with van der Waals surface area (Å²) in [7, 11) is 0. The maximum Gasteiger partial charge on any atom is 0.414 e. The van der Waals surface area contributed by atoms with Crippen molar-refractivity contribution in [3.05, 3.63) is 71.2 Å². The van der Waals surface area contributed by atoms with Crippen LogP contribution in [-0.4, -0.2) is 41.2 Å². The number of alkyl halides is 6. The van der Waals surface area contributed by atoms with Crippen LogP contribution in [0.5, 0.6) is 5.75 Å². The molecule has 204 valence electrons. The van der Waals surface area contributed by atoms with Gasteiger partial charge in [0.05, 0.1) is 18.3 Å². The second kappa shape index (κ2) is 10.8. The molecule has 1 aliphatic heterocycles. The van der Waals surface area contributed by atoms with Crippen LogP contribution < -0.4 is 10.1 Å². The number of pyridine rings is 1. The Hall–Kier alpha value is -3.95. The summed E-state index contributed by atoms with van der Waals surface area (Å²) in [6, 6.07) is 3.04. The van der Waals surface area contributed by atoms with Gasteiger partial charge in [0.15, 0.2) is 11.8 Å². The van der Waals surface area contributed by atoms with Crippen LogP contribution >= 0.6 is 0 Å². The molecule has 0 spiro atoms. The molecule has 1 aromatic heterocycles. The molecule has 0 aliphatic carbocycles. The number of aliphatic imine (C=N–C) groups is 1. The summed E-state index contributed by atoms with van der Waals surface area (Å²) in [5.74, 6) is -9.75. The lowest BCUT2D eigenvalue weighted by molar-refractivity contribution is -0.195. The highest BCUT2D eigenvalue weighted by molar-refractivity contribution is 5.85. The summed E-state index contributed by atoms with van der Waals surface area (Å²) >= 11 is 0. The van der Waals surface area contributed by atoms with E-state index in [2.05, 4.69) is 25.6 Å². The van der Waals surface area contributed by atoms with E-state index in [0.29, 0.717) is 36.9 Å². The molecule has 0 fully saturated rings. The maximum atomic E-state index is 15.6. The molecule has 1 aromatic carbocycles. The van der Waals surface area contributed by atoms with Gasteiger partial charge in [0.25, 0.3) is 0 Å². The Bertz CT molecular complexity index is 1270. The summed E-state index contributed by atoms with van der Waals surface area (Å²) in [5.41, 5.74) is -0.183. The third-order valence-corrected chi connectivity index (χ3v) is 5.56. The van der Waals surface area contributed by atoms with Crippen molar-refractivity contribution < 1.29 is 45.0 Å². The first-order valence-corrected chi connectivity index (χ1v) is 10.5. The molecule has 0 radical (unpaired) electrons. The molecule has 1 aliphatic rings. The zero-order valence-electron chi connectivity index (χ0n) is 19.1. The number of allylic oxidation sites excluding steroid dienone is 1. The lowest BCUT2D eigenvalue weighted by Crippen LogP contribution is -2.51. The molecule has 3 atom stereocenters. The standard InChI is InChI=1S/C22H18F8N6O2/c1-11-15(22(28,29)30)8-34-19(18(11)25)38-13-3-5-17(33-7-13)21(26,27)20(37,9-32-10-35-36-31)14-4-2-12(23)6-16(14)24/h2-8,10-11,18,37H,9H2,1H3,(H2,31,32,35). The number of benzene rings is 1. The minimum Gasteiger partial charge on any atom is -0.438 e. The van der Waals surface area contributed by atoms with E-state index in [-0.39, 0.29) is 11.8 Å². The smallest absolute Gasteiger partial charge is 0.414 e. The highest BCUT2D eigenvalue weighted by Gasteiger charge is 2.57. The average molecular weight is 550 g/mol. The van der Waals surface area contributed by atoms with Gasteiger partial charge in [-0.2, -0.15) is 27.5 Å². The lowest BCUT2D eigenvalue weighted by Gasteiger charge is -2.36. The second-order valence-electron chi connectivity index (χ2n) is 8.01. The highest BCUT2D eigenvalue weighted by atomic mass is 19.4. The van der Waals surface area contributed by atoms with Crippen LogP contribution in [0.4, 0.5) is 35.1 Å². The SMILES string of the molecule is CC1C(C(F)(F)F)=CN=C(Oc2ccc(C(F)(F)C(O)(CN/C=N\N=N)c3ccc(F)cc3F)nc2)C1F. The topological polar surface area (TPSA) is 115 Å². The maximum absolute atomic E-state index is 15.6. The number of aliphatic hydroxyl groups is 1. The van der Waals surface area contributed by atoms with Crippen molar-refractivity contribution in [3.8, 4) is 5.75 Å². The number of hydrogen-bond donors (Lipinski definition) is 3. The number of nitrogens with zero attached hydrogens (tertiary/aromatic N) is 4. The highest BCUT2D eigenvalue weighted by Crippen LogP contribution is 2.45. The Kier molecular flexibility index (Phi) is 8.14. The van der Waals surface area contributed by atoms with Crippen LogP contribution in [0.3, 0.4) is 0 Å². The molecule has 0 saturated heterocycles. The van der Waals surface area contributed by atoms with Crippen LogP contribution in [0, 0.1) is 23.1 Å². The van der Waals surface area contributed by atoms with Gasteiger partial charge >= 0.3 is 12.1 Å². The molecular weight excluding hydrogens is 532 g/mol. The van der Waals surface area contributed by atoms with E-state index < -0.39 is 70.7 Å². The van der Waals surface area contributed by atoms with Crippen molar-refractivity contribution in [2.75, 3.05) is 6.54 Å². The third-order valence-electron chi connectivity index (χ3n) is 5.56. The van der Waals surface area contributed by atoms with Gasteiger partial charge < -0.3 is 15.2 Å². The largest absolute Gasteiger partial charge is 0.438 e. The number of rotatable bonds is 8. The molecule has 2 aromatic rings. The van der Waals surface area contributed by atoms with Crippen LogP contribution in [0.2, 0.25) is 0 Å². The van der Waals surface area contributed by atoms with Gasteiger partial charge in [-0.3, -0.25) is 4.98 Å². The molecule has 0 bridgehead atoms. The average Bonchev–Trinajstić information content (AvgIpc) is 2.84. The zero-order chi connectivity index (χ0) is 28.3. The number of ether oxygens (including phenoxy) is 1. The minimum absolute atomic E-state index is 0.284. The van der Waals surface area contributed by atoms with Crippen molar-refractivity contribution in [2.45, 2.75) is 30.8 Å². The predicted octanol–water partition coefficient (Wildman–Crippen LogP) is 5.11. The van der Waals surface area contributed by atoms with Gasteiger partial charge in [-0.05, 0) is 24.3 Å². The van der Waals surface area contributed by atoms with Crippen LogP contribution in [0.25, 0.3) is 0 Å². The fourth-order valence-corrected chi connectivity index (χ4v) is 3.53. The molecule has 3 N–H and O–H groups in total. The summed E-state index contributed by atoms with van der Waals surface area (Å²) < 4.78 is 117. The van der Waals surface area contributed by atoms with Crippen molar-refractivity contribution >= 4 is 12.2 Å². The number of aromatic nitrogens is 1. The van der Waals surface area contributed by atoms with E-state index in [9.17, 15) is 31.4 Å². The first-order valence-electron chi connectivity index (χ1n) is 10.5. The van der Waals surface area contributed by atoms with Gasteiger partial charge in [0.2, 0.25) is 5.90 Å². The minimum atomic E-state index is -4.81. The number of nitrogens with one attached hydrogen (secondary N) is 2. The van der Waals surface area contributed by atoms with Crippen molar-refractivity contribution in [1.82, 2.24) is 10.3 Å². The fourth-order valence-electron chi connectivity index (χ4n) is 3.53. The molecular formula is C22H18F8N6O2. The third kappa shape index (κ3) is 5.64. The molecule has 16 heteroatoms. The predicted molar refractivity (Wildman–Crippen MR) is 116 cm³/mol. The van der Waals surface area contributed by atoms with Gasteiger partial charge in [-0.25, -0.2) is 18.2 Å². The first kappa shape index (κ1) is 28.6. The van der Waals surface area contributed by atoms with Gasteiger partial charge in [0, 0.05) is 23.7 Å². The first-order chi connectivity index (χ1) is 17.7. The fraction of sp³-hybridized carbons (Fsp3) is 0.318. The molecule has 3 unspecified atom stereocenters. The van der Waals surface area contributed by atoms with Crippen LogP contribution in [-0.2, 0) is 11.5 Å². The normalized spacial score (nSPS) is 19.9. The molecule has 38 heavy (non-hydrogen) atoms. The molecule has 8 nitrogen and oxygen atoms in total. The molecule has 2 heterocycles. The summed E-state index contributed by atoms with van der Waals surface area (Å²) in [6.45, 7) is -0.135. The lowest BCUT2D eigenvalue weighted by atomic mass is 9.84. The summed E-state index contributed by atoms with van der Waals surface area (Å²) in [5, 5.41) is 18.8. The number of hydrogen-bond acceptors (Lipinski definition) is 6. The van der Waals surface area contributed by atoms with Crippen molar-refractivity contribution in [1.29, 1.82) is 5.53 Å². The Morgan fingerprint density at radius 1 is 1.16 bits per heavy atom. The van der Waals surface area contributed by atoms with Gasteiger partial charge in [-0.1, -0.05) is 12.1 Å². The van der Waals surface area contributed by atoms with E-state index in [1.165, 1.54) is 0 Å². The van der Waals surface area contributed by atoms with Crippen LogP contribution in [0.1, 0.15) is 18.2 Å². The number of halogens is 8. The monoisotopic (exact) mass is 550 g/mol. The van der Waals surface area contributed by atoms with Crippen molar-refractivity contribution in [3.63, 3.8) is 0 Å². The van der Waals surface area contributed by atoms with Gasteiger partial charge in [-0.15, -0.1) is 5.10 Å². The van der Waals surface area contributed by atoms with Crippen molar-refractivity contribution in [2.24, 2.45) is 21.2 Å². The van der Waals surface area contributed by atoms with E-state index >= 15 is 8.78 Å². The Labute approximate surface area is 209 Å². The molecule has 0 amide bonds. The van der Waals surface area contributed by atoms with E-state index in [1.54, 1.807) is 0 Å². The zero-order valence-corrected chi connectivity index (χ0v) is 19.1. The molecule has 0 saturated carbocycles. The summed E-state index contributed by atoms with van der Waals surface area (Å²) in [4.78, 5) is 6.81. The molecule has 3 rings (SSSR count). The van der Waals surface area contributed by atoms with Gasteiger partial charge in [0.1, 0.15) is 29.4 Å². The Morgan fingerprint density at radius 3 is 2.45 bits per heavy atom. The van der Waals surface area contributed by atoms with Crippen LogP contribution in [0.15, 0.2) is 63.6 Å².